The Bertz CT molecular complexity index is 214. The van der Waals surface area contributed by atoms with Crippen LogP contribution in [-0.2, 0) is 0 Å². The number of rotatable bonds is 12. The molecule has 0 saturated heterocycles. The molecule has 0 amide bonds. The first-order chi connectivity index (χ1) is 8.91. The summed E-state index contributed by atoms with van der Waals surface area (Å²) >= 11 is 0. The van der Waals surface area contributed by atoms with Crippen LogP contribution in [0.15, 0.2) is 12.2 Å². The van der Waals surface area contributed by atoms with Gasteiger partial charge in [0.2, 0.25) is 0 Å². The van der Waals surface area contributed by atoms with Crippen LogP contribution in [0, 0.1) is 17.8 Å². The smallest absolute Gasteiger partial charge is 0.0326 e. The zero-order chi connectivity index (χ0) is 14.7. The van der Waals surface area contributed by atoms with Gasteiger partial charge in [-0.2, -0.15) is 0 Å². The molecule has 0 bridgehead atoms. The lowest BCUT2D eigenvalue weighted by atomic mass is 9.91. The Kier molecular flexibility index (Phi) is 11.4. The average Bonchev–Trinajstić information content (AvgIpc) is 2.27. The molecule has 0 radical (unpaired) electrons. The SMILES string of the molecule is C=C(C)CCCC(C)CCCC(C)CCCC(C)C. The Labute approximate surface area is 123 Å². The van der Waals surface area contributed by atoms with Gasteiger partial charge in [0.25, 0.3) is 0 Å². The standard InChI is InChI=1S/C19H38/c1-16(2)10-7-12-18(5)14-9-15-19(6)13-8-11-17(3)4/h17-19H,1,7-15H2,2-6H3. The second-order valence-electron chi connectivity index (χ2n) is 7.32. The van der Waals surface area contributed by atoms with Crippen LogP contribution < -0.4 is 0 Å². The molecule has 0 fully saturated rings. The molecule has 0 aromatic carbocycles. The topological polar surface area (TPSA) is 0 Å². The predicted octanol–water partition coefficient (Wildman–Crippen LogP) is 7.00. The highest BCUT2D eigenvalue weighted by Crippen LogP contribution is 2.21. The lowest BCUT2D eigenvalue weighted by Crippen LogP contribution is -2.00. The van der Waals surface area contributed by atoms with Crippen molar-refractivity contribution in [3.8, 4) is 0 Å². The Balaban J connectivity index is 3.42. The van der Waals surface area contributed by atoms with Gasteiger partial charge in [0.15, 0.2) is 0 Å². The molecule has 0 heterocycles. The highest BCUT2D eigenvalue weighted by Gasteiger charge is 2.06. The van der Waals surface area contributed by atoms with Crippen molar-refractivity contribution in [2.75, 3.05) is 0 Å². The summed E-state index contributed by atoms with van der Waals surface area (Å²) in [4.78, 5) is 0. The Hall–Kier alpha value is -0.260. The third-order valence-electron chi connectivity index (χ3n) is 4.17. The van der Waals surface area contributed by atoms with Gasteiger partial charge in [0, 0.05) is 0 Å². The van der Waals surface area contributed by atoms with Crippen LogP contribution in [0.3, 0.4) is 0 Å². The van der Waals surface area contributed by atoms with E-state index in [1.165, 1.54) is 63.4 Å². The van der Waals surface area contributed by atoms with Crippen molar-refractivity contribution < 1.29 is 0 Å². The Morgan fingerprint density at radius 1 is 0.737 bits per heavy atom. The van der Waals surface area contributed by atoms with Crippen LogP contribution in [0.2, 0.25) is 0 Å². The minimum atomic E-state index is 0.875. The van der Waals surface area contributed by atoms with E-state index in [1.807, 2.05) is 0 Å². The molecular weight excluding hydrogens is 228 g/mol. The first kappa shape index (κ1) is 18.7. The van der Waals surface area contributed by atoms with E-state index in [-0.39, 0.29) is 0 Å². The quantitative estimate of drug-likeness (QED) is 0.333. The van der Waals surface area contributed by atoms with Crippen molar-refractivity contribution >= 4 is 0 Å². The summed E-state index contributed by atoms with van der Waals surface area (Å²) < 4.78 is 0. The van der Waals surface area contributed by atoms with E-state index in [0.717, 1.165) is 17.8 Å². The van der Waals surface area contributed by atoms with E-state index in [9.17, 15) is 0 Å². The van der Waals surface area contributed by atoms with Crippen molar-refractivity contribution in [3.63, 3.8) is 0 Å². The van der Waals surface area contributed by atoms with Crippen LogP contribution >= 0.6 is 0 Å². The number of hydrogen-bond acceptors (Lipinski definition) is 0. The van der Waals surface area contributed by atoms with E-state index >= 15 is 0 Å². The highest BCUT2D eigenvalue weighted by atomic mass is 14.1. The lowest BCUT2D eigenvalue weighted by Gasteiger charge is -2.15. The first-order valence-electron chi connectivity index (χ1n) is 8.56. The van der Waals surface area contributed by atoms with Gasteiger partial charge in [-0.05, 0) is 37.5 Å². The third kappa shape index (κ3) is 14.0. The second-order valence-corrected chi connectivity index (χ2v) is 7.32. The molecule has 0 N–H and O–H groups in total. The molecule has 0 aromatic heterocycles. The Morgan fingerprint density at radius 3 is 1.58 bits per heavy atom. The maximum absolute atomic E-state index is 3.98. The third-order valence-corrected chi connectivity index (χ3v) is 4.17. The average molecular weight is 267 g/mol. The molecule has 2 atom stereocenters. The van der Waals surface area contributed by atoms with Crippen molar-refractivity contribution in [2.24, 2.45) is 17.8 Å². The molecule has 0 aliphatic carbocycles. The summed E-state index contributed by atoms with van der Waals surface area (Å²) in [5.41, 5.74) is 1.34. The van der Waals surface area contributed by atoms with Gasteiger partial charge in [0.1, 0.15) is 0 Å². The molecular formula is C19H38. The summed E-state index contributed by atoms with van der Waals surface area (Å²) in [6.07, 6.45) is 12.5. The van der Waals surface area contributed by atoms with Gasteiger partial charge < -0.3 is 0 Å². The minimum Gasteiger partial charge on any atom is -0.100 e. The first-order valence-corrected chi connectivity index (χ1v) is 8.56. The molecule has 0 nitrogen and oxygen atoms in total. The molecule has 0 heteroatoms. The summed E-state index contributed by atoms with van der Waals surface area (Å²) in [5, 5.41) is 0. The van der Waals surface area contributed by atoms with Crippen LogP contribution in [0.4, 0.5) is 0 Å². The molecule has 114 valence electrons. The van der Waals surface area contributed by atoms with E-state index < -0.39 is 0 Å². The summed E-state index contributed by atoms with van der Waals surface area (Å²) in [6, 6.07) is 0. The zero-order valence-corrected chi connectivity index (χ0v) is 14.3. The lowest BCUT2D eigenvalue weighted by molar-refractivity contribution is 0.389. The number of allylic oxidation sites excluding steroid dienone is 1. The van der Waals surface area contributed by atoms with E-state index in [1.54, 1.807) is 0 Å². The maximum Gasteiger partial charge on any atom is -0.0326 e. The van der Waals surface area contributed by atoms with Crippen LogP contribution in [0.5, 0.6) is 0 Å². The van der Waals surface area contributed by atoms with Crippen LogP contribution in [-0.4, -0.2) is 0 Å². The van der Waals surface area contributed by atoms with E-state index in [0.29, 0.717) is 0 Å². The van der Waals surface area contributed by atoms with Gasteiger partial charge in [-0.3, -0.25) is 0 Å². The summed E-state index contributed by atoms with van der Waals surface area (Å²) in [5.74, 6) is 2.71. The molecule has 0 aliphatic heterocycles. The van der Waals surface area contributed by atoms with Crippen molar-refractivity contribution in [3.05, 3.63) is 12.2 Å². The fraction of sp³-hybridized carbons (Fsp3) is 0.895. The molecule has 0 rings (SSSR count). The molecule has 0 saturated carbocycles. The van der Waals surface area contributed by atoms with Gasteiger partial charge in [-0.15, -0.1) is 6.58 Å². The molecule has 19 heavy (non-hydrogen) atoms. The molecule has 0 aliphatic rings. The summed E-state index contributed by atoms with van der Waals surface area (Å²) in [6.45, 7) is 15.6. The van der Waals surface area contributed by atoms with Crippen molar-refractivity contribution in [2.45, 2.75) is 92.4 Å². The minimum absolute atomic E-state index is 0.875. The van der Waals surface area contributed by atoms with Crippen LogP contribution in [0.25, 0.3) is 0 Å². The van der Waals surface area contributed by atoms with Gasteiger partial charge in [-0.1, -0.05) is 78.2 Å². The molecule has 0 aromatic rings. The fourth-order valence-corrected chi connectivity index (χ4v) is 2.73. The largest absolute Gasteiger partial charge is 0.100 e. The zero-order valence-electron chi connectivity index (χ0n) is 14.3. The monoisotopic (exact) mass is 266 g/mol. The molecule has 0 spiro atoms. The normalized spacial score (nSPS) is 14.6. The predicted molar refractivity (Wildman–Crippen MR) is 89.5 cm³/mol. The number of hydrogen-bond donors (Lipinski definition) is 0. The molecule has 2 unspecified atom stereocenters. The van der Waals surface area contributed by atoms with Crippen molar-refractivity contribution in [1.29, 1.82) is 0 Å². The van der Waals surface area contributed by atoms with Gasteiger partial charge in [-0.25, -0.2) is 0 Å². The van der Waals surface area contributed by atoms with Gasteiger partial charge >= 0.3 is 0 Å². The van der Waals surface area contributed by atoms with Gasteiger partial charge in [0.05, 0.1) is 0 Å². The Morgan fingerprint density at radius 2 is 1.16 bits per heavy atom. The maximum atomic E-state index is 3.98. The second kappa shape index (κ2) is 11.6. The van der Waals surface area contributed by atoms with E-state index in [2.05, 4.69) is 41.2 Å². The van der Waals surface area contributed by atoms with E-state index in [4.69, 9.17) is 0 Å². The summed E-state index contributed by atoms with van der Waals surface area (Å²) in [7, 11) is 0. The highest BCUT2D eigenvalue weighted by molar-refractivity contribution is 4.87. The fourth-order valence-electron chi connectivity index (χ4n) is 2.73. The van der Waals surface area contributed by atoms with Crippen LogP contribution in [0.1, 0.15) is 92.4 Å². The van der Waals surface area contributed by atoms with Crippen molar-refractivity contribution in [1.82, 2.24) is 0 Å².